The normalized spacial score (nSPS) is 16.0. The first-order chi connectivity index (χ1) is 7.56. The van der Waals surface area contributed by atoms with Crippen molar-refractivity contribution in [2.45, 2.75) is 13.0 Å². The van der Waals surface area contributed by atoms with E-state index >= 15 is 0 Å². The number of rotatable bonds is 2. The topological polar surface area (TPSA) is 37.4 Å². The van der Waals surface area contributed by atoms with Crippen LogP contribution in [-0.2, 0) is 16.1 Å². The number of benzene rings is 1. The van der Waals surface area contributed by atoms with E-state index in [2.05, 4.69) is 15.9 Å². The van der Waals surface area contributed by atoms with Crippen molar-refractivity contribution < 1.29 is 14.0 Å². The van der Waals surface area contributed by atoms with Crippen LogP contribution in [0.15, 0.2) is 22.7 Å². The molecule has 0 aliphatic carbocycles. The number of ketones is 1. The maximum Gasteiger partial charge on any atom is 0.230 e. The fraction of sp³-hybridized carbons (Fsp3) is 0.273. The molecule has 0 radical (unpaired) electrons. The van der Waals surface area contributed by atoms with Gasteiger partial charge in [-0.15, -0.1) is 0 Å². The fourth-order valence-corrected chi connectivity index (χ4v) is 2.07. The van der Waals surface area contributed by atoms with Gasteiger partial charge in [0.15, 0.2) is 5.78 Å². The lowest BCUT2D eigenvalue weighted by atomic mass is 10.2. The largest absolute Gasteiger partial charge is 0.331 e. The van der Waals surface area contributed by atoms with Crippen LogP contribution in [0.3, 0.4) is 0 Å². The summed E-state index contributed by atoms with van der Waals surface area (Å²) < 4.78 is 13.3. The Morgan fingerprint density at radius 3 is 2.69 bits per heavy atom. The number of hydrogen-bond donors (Lipinski definition) is 0. The van der Waals surface area contributed by atoms with Gasteiger partial charge in [0.2, 0.25) is 5.91 Å². The molecule has 0 atom stereocenters. The Balaban J connectivity index is 2.12. The molecule has 84 valence electrons. The highest BCUT2D eigenvalue weighted by molar-refractivity contribution is 9.10. The van der Waals surface area contributed by atoms with Crippen molar-refractivity contribution in [3.05, 3.63) is 34.1 Å². The number of hydrogen-bond acceptors (Lipinski definition) is 2. The maximum absolute atomic E-state index is 13.0. The van der Waals surface area contributed by atoms with Crippen LogP contribution in [0.4, 0.5) is 4.39 Å². The zero-order valence-electron chi connectivity index (χ0n) is 8.37. The molecule has 1 aliphatic rings. The van der Waals surface area contributed by atoms with Crippen molar-refractivity contribution in [3.63, 3.8) is 0 Å². The van der Waals surface area contributed by atoms with Crippen LogP contribution in [0.2, 0.25) is 0 Å². The smallest absolute Gasteiger partial charge is 0.230 e. The summed E-state index contributed by atoms with van der Waals surface area (Å²) >= 11 is 3.08. The molecule has 1 saturated heterocycles. The highest BCUT2D eigenvalue weighted by atomic mass is 79.9. The molecular formula is C11H9BrFNO2. The van der Waals surface area contributed by atoms with Gasteiger partial charge in [0.1, 0.15) is 5.82 Å². The van der Waals surface area contributed by atoms with Gasteiger partial charge in [-0.25, -0.2) is 4.39 Å². The molecule has 16 heavy (non-hydrogen) atoms. The van der Waals surface area contributed by atoms with Crippen LogP contribution in [0, 0.1) is 5.82 Å². The lowest BCUT2D eigenvalue weighted by Gasteiger charge is -2.14. The number of carbonyl (C=O) groups excluding carboxylic acids is 2. The average molecular weight is 286 g/mol. The Hall–Kier alpha value is -1.23. The van der Waals surface area contributed by atoms with E-state index in [1.54, 1.807) is 12.1 Å². The second-order valence-corrected chi connectivity index (χ2v) is 4.57. The van der Waals surface area contributed by atoms with Crippen molar-refractivity contribution in [1.82, 2.24) is 4.90 Å². The summed E-state index contributed by atoms with van der Waals surface area (Å²) in [5.41, 5.74) is 0.802. The zero-order valence-corrected chi connectivity index (χ0v) is 9.96. The highest BCUT2D eigenvalue weighted by Gasteiger charge is 2.27. The summed E-state index contributed by atoms with van der Waals surface area (Å²) in [7, 11) is 0. The lowest BCUT2D eigenvalue weighted by Crippen LogP contribution is -2.24. The predicted molar refractivity (Wildman–Crippen MR) is 59.1 cm³/mol. The van der Waals surface area contributed by atoms with Gasteiger partial charge in [0.05, 0.1) is 17.4 Å². The van der Waals surface area contributed by atoms with Crippen LogP contribution in [0.5, 0.6) is 0 Å². The summed E-state index contributed by atoms with van der Waals surface area (Å²) in [5.74, 6) is -0.566. The number of Topliss-reactive ketones (excluding diaryl/α,β-unsaturated/α-hetero) is 1. The first-order valence-corrected chi connectivity index (χ1v) is 5.59. The molecule has 0 saturated carbocycles. The SMILES string of the molecule is O=C1CC(=O)N(Cc2ccc(F)c(Br)c2)C1. The maximum atomic E-state index is 13.0. The van der Waals surface area contributed by atoms with Gasteiger partial charge in [-0.05, 0) is 33.6 Å². The van der Waals surface area contributed by atoms with Gasteiger partial charge in [0, 0.05) is 6.54 Å². The quantitative estimate of drug-likeness (QED) is 0.779. The summed E-state index contributed by atoms with van der Waals surface area (Å²) in [4.78, 5) is 23.9. The van der Waals surface area contributed by atoms with Crippen LogP contribution in [0.25, 0.3) is 0 Å². The van der Waals surface area contributed by atoms with Gasteiger partial charge in [-0.3, -0.25) is 9.59 Å². The molecule has 0 unspecified atom stereocenters. The zero-order chi connectivity index (χ0) is 11.7. The van der Waals surface area contributed by atoms with Gasteiger partial charge < -0.3 is 4.90 Å². The van der Waals surface area contributed by atoms with E-state index in [0.717, 1.165) is 5.56 Å². The second kappa shape index (κ2) is 4.33. The van der Waals surface area contributed by atoms with E-state index in [4.69, 9.17) is 0 Å². The second-order valence-electron chi connectivity index (χ2n) is 3.71. The molecule has 1 amide bonds. The van der Waals surface area contributed by atoms with Gasteiger partial charge in [0.25, 0.3) is 0 Å². The minimum atomic E-state index is -0.340. The van der Waals surface area contributed by atoms with Gasteiger partial charge in [-0.1, -0.05) is 6.07 Å². The molecule has 0 aromatic heterocycles. The Morgan fingerprint density at radius 1 is 1.38 bits per heavy atom. The molecule has 1 aromatic rings. The molecule has 1 fully saturated rings. The molecule has 2 rings (SSSR count). The van der Waals surface area contributed by atoms with E-state index in [9.17, 15) is 14.0 Å². The molecule has 1 heterocycles. The summed E-state index contributed by atoms with van der Waals surface area (Å²) in [6.45, 7) is 0.511. The molecule has 1 aliphatic heterocycles. The summed E-state index contributed by atoms with van der Waals surface area (Å²) in [5, 5.41) is 0. The third-order valence-corrected chi connectivity index (χ3v) is 3.03. The first-order valence-electron chi connectivity index (χ1n) is 4.79. The van der Waals surface area contributed by atoms with Crippen LogP contribution >= 0.6 is 15.9 Å². The van der Waals surface area contributed by atoms with Crippen LogP contribution in [-0.4, -0.2) is 23.1 Å². The van der Waals surface area contributed by atoms with Crippen LogP contribution in [0.1, 0.15) is 12.0 Å². The highest BCUT2D eigenvalue weighted by Crippen LogP contribution is 2.19. The Morgan fingerprint density at radius 2 is 2.12 bits per heavy atom. The minimum absolute atomic E-state index is 0.0115. The fourth-order valence-electron chi connectivity index (χ4n) is 1.64. The van der Waals surface area contributed by atoms with Gasteiger partial charge >= 0.3 is 0 Å². The number of likely N-dealkylation sites (tertiary alicyclic amines) is 1. The Kier molecular flexibility index (Phi) is 3.05. The van der Waals surface area contributed by atoms with E-state index in [1.165, 1.54) is 11.0 Å². The number of nitrogens with zero attached hydrogens (tertiary/aromatic N) is 1. The standard InChI is InChI=1S/C11H9BrFNO2/c12-9-3-7(1-2-10(9)13)5-14-6-8(15)4-11(14)16/h1-3H,4-6H2. The third kappa shape index (κ3) is 2.29. The van der Waals surface area contributed by atoms with Crippen molar-refractivity contribution in [2.75, 3.05) is 6.54 Å². The molecule has 5 heteroatoms. The van der Waals surface area contributed by atoms with Crippen LogP contribution < -0.4 is 0 Å². The first kappa shape index (κ1) is 11.3. The molecule has 3 nitrogen and oxygen atoms in total. The Labute approximate surface area is 100 Å². The number of amides is 1. The summed E-state index contributed by atoms with van der Waals surface area (Å²) in [6, 6.07) is 4.56. The van der Waals surface area contributed by atoms with E-state index in [1.807, 2.05) is 0 Å². The number of halogens is 2. The van der Waals surface area contributed by atoms with E-state index in [-0.39, 0.29) is 30.5 Å². The monoisotopic (exact) mass is 285 g/mol. The molecule has 1 aromatic carbocycles. The lowest BCUT2D eigenvalue weighted by molar-refractivity contribution is -0.128. The van der Waals surface area contributed by atoms with E-state index < -0.39 is 0 Å². The van der Waals surface area contributed by atoms with Crippen molar-refractivity contribution >= 4 is 27.6 Å². The molecule has 0 bridgehead atoms. The van der Waals surface area contributed by atoms with Crippen molar-refractivity contribution in [3.8, 4) is 0 Å². The Bertz CT molecular complexity index is 461. The minimum Gasteiger partial charge on any atom is -0.331 e. The molecular weight excluding hydrogens is 277 g/mol. The molecule has 0 N–H and O–H groups in total. The van der Waals surface area contributed by atoms with Crippen molar-refractivity contribution in [1.29, 1.82) is 0 Å². The third-order valence-electron chi connectivity index (χ3n) is 2.43. The molecule has 0 spiro atoms. The number of carbonyl (C=O) groups is 2. The van der Waals surface area contributed by atoms with Gasteiger partial charge in [-0.2, -0.15) is 0 Å². The predicted octanol–water partition coefficient (Wildman–Crippen LogP) is 1.89. The average Bonchev–Trinajstić information content (AvgIpc) is 2.51. The van der Waals surface area contributed by atoms with E-state index in [0.29, 0.717) is 11.0 Å². The van der Waals surface area contributed by atoms with Crippen molar-refractivity contribution in [2.24, 2.45) is 0 Å². The summed E-state index contributed by atoms with van der Waals surface area (Å²) in [6.07, 6.45) is -0.0115.